The molecule has 31 heavy (non-hydrogen) atoms. The molecule has 154 valence electrons. The number of hydrogen-bond acceptors (Lipinski definition) is 5. The molecule has 1 N–H and O–H groups in total. The lowest BCUT2D eigenvalue weighted by molar-refractivity contribution is 0.881. The lowest BCUT2D eigenvalue weighted by Crippen LogP contribution is -2.05. The first-order valence-electron chi connectivity index (χ1n) is 10.1. The molecule has 8 heteroatoms. The van der Waals surface area contributed by atoms with Crippen LogP contribution in [0, 0.1) is 0 Å². The highest BCUT2D eigenvalue weighted by molar-refractivity contribution is 6.32. The van der Waals surface area contributed by atoms with E-state index < -0.39 is 0 Å². The van der Waals surface area contributed by atoms with E-state index in [2.05, 4.69) is 22.4 Å². The summed E-state index contributed by atoms with van der Waals surface area (Å²) >= 11 is 6.71. The number of para-hydroxylation sites is 2. The monoisotopic (exact) mass is 429 g/mol. The third-order valence-electron chi connectivity index (χ3n) is 4.92. The highest BCUT2D eigenvalue weighted by Crippen LogP contribution is 2.31. The van der Waals surface area contributed by atoms with Gasteiger partial charge in [0.2, 0.25) is 0 Å². The van der Waals surface area contributed by atoms with Crippen LogP contribution >= 0.6 is 11.6 Å². The van der Waals surface area contributed by atoms with E-state index in [4.69, 9.17) is 21.6 Å². The molecule has 0 saturated carbocycles. The molecule has 0 aliphatic carbocycles. The Labute approximate surface area is 184 Å². The van der Waals surface area contributed by atoms with Crippen LogP contribution in [0.1, 0.15) is 13.3 Å². The van der Waals surface area contributed by atoms with Crippen LogP contribution in [0.4, 0.5) is 5.82 Å². The van der Waals surface area contributed by atoms with E-state index in [-0.39, 0.29) is 0 Å². The summed E-state index contributed by atoms with van der Waals surface area (Å²) in [5, 5.41) is 13.7. The number of anilines is 1. The highest BCUT2D eigenvalue weighted by Gasteiger charge is 2.19. The summed E-state index contributed by atoms with van der Waals surface area (Å²) in [7, 11) is 0. The molecule has 0 amide bonds. The smallest absolute Gasteiger partial charge is 0.169 e. The molecule has 0 aliphatic rings. The van der Waals surface area contributed by atoms with Crippen molar-refractivity contribution in [3.63, 3.8) is 0 Å². The van der Waals surface area contributed by atoms with Gasteiger partial charge in [0.15, 0.2) is 11.5 Å². The minimum Gasteiger partial charge on any atom is -0.369 e. The molecule has 0 aliphatic heterocycles. The van der Waals surface area contributed by atoms with Gasteiger partial charge in [0.25, 0.3) is 0 Å². The van der Waals surface area contributed by atoms with Crippen LogP contribution in [-0.4, -0.2) is 36.1 Å². The standard InChI is InChI=1S/C23H20ClN7/c1-2-13-25-21-19-15-27-31(17-11-7-4-8-12-17)23(19)29-22(28-21)18-14-26-30(20(18)24)16-9-5-3-6-10-16/h3-12,14-15H,2,13H2,1H3,(H,25,28,29). The van der Waals surface area contributed by atoms with E-state index in [9.17, 15) is 0 Å². The van der Waals surface area contributed by atoms with Crippen molar-refractivity contribution in [1.29, 1.82) is 0 Å². The van der Waals surface area contributed by atoms with Gasteiger partial charge < -0.3 is 5.32 Å². The summed E-state index contributed by atoms with van der Waals surface area (Å²) in [4.78, 5) is 9.60. The van der Waals surface area contributed by atoms with E-state index in [0.717, 1.165) is 35.5 Å². The molecule has 5 aromatic rings. The second-order valence-corrected chi connectivity index (χ2v) is 7.41. The topological polar surface area (TPSA) is 73.5 Å². The van der Waals surface area contributed by atoms with Gasteiger partial charge in [-0.15, -0.1) is 0 Å². The third-order valence-corrected chi connectivity index (χ3v) is 5.29. The maximum atomic E-state index is 6.71. The lowest BCUT2D eigenvalue weighted by Gasteiger charge is -2.09. The summed E-state index contributed by atoms with van der Waals surface area (Å²) in [5.74, 6) is 1.23. The average molecular weight is 430 g/mol. The molecule has 0 unspecified atom stereocenters. The average Bonchev–Trinajstić information content (AvgIpc) is 3.42. The lowest BCUT2D eigenvalue weighted by atomic mass is 10.3. The Bertz CT molecular complexity index is 1330. The van der Waals surface area contributed by atoms with Crippen molar-refractivity contribution in [1.82, 2.24) is 29.5 Å². The van der Waals surface area contributed by atoms with Crippen molar-refractivity contribution in [3.05, 3.63) is 78.2 Å². The van der Waals surface area contributed by atoms with Crippen LogP contribution in [0.2, 0.25) is 5.15 Å². The zero-order valence-corrected chi connectivity index (χ0v) is 17.7. The van der Waals surface area contributed by atoms with E-state index in [1.807, 2.05) is 65.3 Å². The number of benzene rings is 2. The maximum Gasteiger partial charge on any atom is 0.169 e. The highest BCUT2D eigenvalue weighted by atomic mass is 35.5. The van der Waals surface area contributed by atoms with Gasteiger partial charge in [0.05, 0.1) is 34.7 Å². The molecule has 0 atom stereocenters. The molecule has 0 radical (unpaired) electrons. The Hall–Kier alpha value is -3.71. The van der Waals surface area contributed by atoms with Crippen molar-refractivity contribution in [3.8, 4) is 22.8 Å². The summed E-state index contributed by atoms with van der Waals surface area (Å²) < 4.78 is 3.49. The molecule has 0 spiro atoms. The van der Waals surface area contributed by atoms with Crippen molar-refractivity contribution in [2.75, 3.05) is 11.9 Å². The fraction of sp³-hybridized carbons (Fsp3) is 0.130. The number of rotatable bonds is 6. The van der Waals surface area contributed by atoms with E-state index in [1.54, 1.807) is 17.1 Å². The molecule has 3 aromatic heterocycles. The molecule has 2 aromatic carbocycles. The maximum absolute atomic E-state index is 6.71. The van der Waals surface area contributed by atoms with Crippen LogP contribution in [0.5, 0.6) is 0 Å². The quantitative estimate of drug-likeness (QED) is 0.404. The number of fused-ring (bicyclic) bond motifs is 1. The Morgan fingerprint density at radius 3 is 2.16 bits per heavy atom. The van der Waals surface area contributed by atoms with Gasteiger partial charge in [-0.1, -0.05) is 54.9 Å². The fourth-order valence-corrected chi connectivity index (χ4v) is 3.67. The summed E-state index contributed by atoms with van der Waals surface area (Å²) in [5.41, 5.74) is 3.17. The minimum absolute atomic E-state index is 0.456. The number of hydrogen-bond donors (Lipinski definition) is 1. The van der Waals surface area contributed by atoms with E-state index in [0.29, 0.717) is 22.2 Å². The molecule has 3 heterocycles. The molecular weight excluding hydrogens is 410 g/mol. The van der Waals surface area contributed by atoms with Crippen molar-refractivity contribution in [2.45, 2.75) is 13.3 Å². The zero-order valence-electron chi connectivity index (χ0n) is 16.9. The van der Waals surface area contributed by atoms with Gasteiger partial charge in [-0.25, -0.2) is 19.3 Å². The fourth-order valence-electron chi connectivity index (χ4n) is 3.40. The second kappa shape index (κ2) is 8.20. The summed E-state index contributed by atoms with van der Waals surface area (Å²) in [6.07, 6.45) is 4.46. The molecular formula is C23H20ClN7. The predicted octanol–water partition coefficient (Wildman–Crippen LogP) is 5.14. The van der Waals surface area contributed by atoms with Crippen molar-refractivity contribution >= 4 is 28.5 Å². The SMILES string of the molecule is CCCNc1nc(-c2cnn(-c3ccccc3)c2Cl)nc2c1cnn2-c1ccccc1. The molecule has 0 saturated heterocycles. The van der Waals surface area contributed by atoms with Gasteiger partial charge in [0.1, 0.15) is 11.0 Å². The Morgan fingerprint density at radius 2 is 1.48 bits per heavy atom. The van der Waals surface area contributed by atoms with Crippen LogP contribution < -0.4 is 5.32 Å². The molecule has 7 nitrogen and oxygen atoms in total. The second-order valence-electron chi connectivity index (χ2n) is 7.05. The van der Waals surface area contributed by atoms with Crippen LogP contribution in [-0.2, 0) is 0 Å². The first-order valence-corrected chi connectivity index (χ1v) is 10.5. The number of nitrogens with one attached hydrogen (secondary N) is 1. The van der Waals surface area contributed by atoms with Gasteiger partial charge >= 0.3 is 0 Å². The first kappa shape index (κ1) is 19.3. The van der Waals surface area contributed by atoms with Gasteiger partial charge in [-0.05, 0) is 30.7 Å². The molecule has 0 bridgehead atoms. The van der Waals surface area contributed by atoms with Gasteiger partial charge in [0, 0.05) is 6.54 Å². The van der Waals surface area contributed by atoms with Gasteiger partial charge in [-0.3, -0.25) is 0 Å². The predicted molar refractivity (Wildman–Crippen MR) is 123 cm³/mol. The number of halogens is 1. The van der Waals surface area contributed by atoms with Crippen LogP contribution in [0.3, 0.4) is 0 Å². The van der Waals surface area contributed by atoms with E-state index in [1.165, 1.54) is 0 Å². The Kier molecular flexibility index (Phi) is 5.09. The van der Waals surface area contributed by atoms with Crippen LogP contribution in [0.25, 0.3) is 33.8 Å². The van der Waals surface area contributed by atoms with Crippen molar-refractivity contribution < 1.29 is 0 Å². The van der Waals surface area contributed by atoms with Crippen molar-refractivity contribution in [2.24, 2.45) is 0 Å². The van der Waals surface area contributed by atoms with Gasteiger partial charge in [-0.2, -0.15) is 10.2 Å². The molecule has 0 fully saturated rings. The minimum atomic E-state index is 0.456. The van der Waals surface area contributed by atoms with Crippen LogP contribution in [0.15, 0.2) is 73.1 Å². The normalized spacial score (nSPS) is 11.2. The number of nitrogens with zero attached hydrogens (tertiary/aromatic N) is 6. The zero-order chi connectivity index (χ0) is 21.2. The summed E-state index contributed by atoms with van der Waals surface area (Å²) in [6, 6.07) is 19.7. The Morgan fingerprint density at radius 1 is 0.839 bits per heavy atom. The Balaban J connectivity index is 1.68. The number of aromatic nitrogens is 6. The third kappa shape index (κ3) is 3.53. The first-order chi connectivity index (χ1) is 15.3. The largest absolute Gasteiger partial charge is 0.369 e. The molecule has 5 rings (SSSR count). The van der Waals surface area contributed by atoms with E-state index >= 15 is 0 Å². The summed E-state index contributed by atoms with van der Waals surface area (Å²) in [6.45, 7) is 2.90.